The van der Waals surface area contributed by atoms with Crippen LogP contribution in [0.3, 0.4) is 0 Å². The van der Waals surface area contributed by atoms with E-state index in [1.165, 1.54) is 16.6 Å². The number of ether oxygens (including phenoxy) is 1. The second-order valence-corrected chi connectivity index (χ2v) is 9.47. The zero-order valence-corrected chi connectivity index (χ0v) is 20.7. The number of anilines is 1. The monoisotopic (exact) mass is 492 g/mol. The Balaban J connectivity index is 1.42. The SMILES string of the molecule is CCOC(=O)c1ccc(NC(=O)CSc2nnc(-c3csc(C)c3-c3ccccc3)n2C)cc1. The van der Waals surface area contributed by atoms with Gasteiger partial charge in [0.05, 0.1) is 17.9 Å². The summed E-state index contributed by atoms with van der Waals surface area (Å²) in [4.78, 5) is 25.4. The number of nitrogens with zero attached hydrogens (tertiary/aromatic N) is 3. The standard InChI is InChI=1S/C25H24N4O3S2/c1-4-32-24(31)18-10-12-19(13-11-18)26-21(30)15-34-25-28-27-23(29(25)3)20-14-33-16(2)22(20)17-8-6-5-7-9-17/h5-14H,4,15H2,1-3H3,(H,26,30). The van der Waals surface area contributed by atoms with Crippen molar-refractivity contribution in [3.8, 4) is 22.5 Å². The van der Waals surface area contributed by atoms with Crippen LogP contribution in [0.5, 0.6) is 0 Å². The van der Waals surface area contributed by atoms with Crippen molar-refractivity contribution in [1.29, 1.82) is 0 Å². The number of aromatic nitrogens is 3. The number of hydrogen-bond acceptors (Lipinski definition) is 7. The third-order valence-corrected chi connectivity index (χ3v) is 7.06. The Hall–Kier alpha value is -3.43. The first-order valence-corrected chi connectivity index (χ1v) is 12.6. The van der Waals surface area contributed by atoms with E-state index < -0.39 is 0 Å². The second-order valence-electron chi connectivity index (χ2n) is 7.45. The molecule has 1 N–H and O–H groups in total. The van der Waals surface area contributed by atoms with Gasteiger partial charge in [-0.2, -0.15) is 0 Å². The van der Waals surface area contributed by atoms with Crippen molar-refractivity contribution < 1.29 is 14.3 Å². The molecule has 0 atom stereocenters. The van der Waals surface area contributed by atoms with Gasteiger partial charge in [-0.3, -0.25) is 4.79 Å². The summed E-state index contributed by atoms with van der Waals surface area (Å²) in [5.74, 6) is 0.389. The molecule has 4 aromatic rings. The van der Waals surface area contributed by atoms with E-state index in [9.17, 15) is 9.59 Å². The maximum absolute atomic E-state index is 12.5. The molecule has 0 radical (unpaired) electrons. The van der Waals surface area contributed by atoms with Crippen LogP contribution in [-0.2, 0) is 16.6 Å². The van der Waals surface area contributed by atoms with Crippen LogP contribution >= 0.6 is 23.1 Å². The van der Waals surface area contributed by atoms with E-state index in [-0.39, 0.29) is 17.6 Å². The Morgan fingerprint density at radius 2 is 1.82 bits per heavy atom. The van der Waals surface area contributed by atoms with Crippen LogP contribution in [0.25, 0.3) is 22.5 Å². The molecule has 0 saturated heterocycles. The summed E-state index contributed by atoms with van der Waals surface area (Å²) in [5.41, 5.74) is 4.38. The Labute approximate surface area is 206 Å². The summed E-state index contributed by atoms with van der Waals surface area (Å²) >= 11 is 3.00. The minimum absolute atomic E-state index is 0.171. The maximum Gasteiger partial charge on any atom is 0.338 e. The first-order chi connectivity index (χ1) is 16.5. The number of hydrogen-bond donors (Lipinski definition) is 1. The molecule has 34 heavy (non-hydrogen) atoms. The molecule has 0 aliphatic rings. The number of carbonyl (C=O) groups excluding carboxylic acids is 2. The molecule has 0 saturated carbocycles. The highest BCUT2D eigenvalue weighted by Crippen LogP contribution is 2.38. The molecule has 0 aliphatic heterocycles. The molecular formula is C25H24N4O3S2. The number of thioether (sulfide) groups is 1. The van der Waals surface area contributed by atoms with Crippen LogP contribution in [-0.4, -0.2) is 39.0 Å². The van der Waals surface area contributed by atoms with E-state index >= 15 is 0 Å². The highest BCUT2D eigenvalue weighted by Gasteiger charge is 2.19. The Kier molecular flexibility index (Phi) is 7.44. The average Bonchev–Trinajstić information content (AvgIpc) is 3.40. The Morgan fingerprint density at radius 1 is 1.09 bits per heavy atom. The van der Waals surface area contributed by atoms with Gasteiger partial charge in [-0.15, -0.1) is 21.5 Å². The molecule has 0 aliphatic carbocycles. The van der Waals surface area contributed by atoms with Crippen molar-refractivity contribution >= 4 is 40.7 Å². The molecule has 0 bridgehead atoms. The summed E-state index contributed by atoms with van der Waals surface area (Å²) in [6, 6.07) is 16.8. The van der Waals surface area contributed by atoms with E-state index in [0.717, 1.165) is 22.5 Å². The smallest absolute Gasteiger partial charge is 0.338 e. The first kappa shape index (κ1) is 23.7. The zero-order valence-electron chi connectivity index (χ0n) is 19.1. The molecule has 0 fully saturated rings. The molecule has 2 aromatic heterocycles. The molecule has 7 nitrogen and oxygen atoms in total. The van der Waals surface area contributed by atoms with E-state index in [1.54, 1.807) is 42.5 Å². The minimum atomic E-state index is -0.384. The van der Waals surface area contributed by atoms with Crippen LogP contribution in [0.2, 0.25) is 0 Å². The number of amides is 1. The van der Waals surface area contributed by atoms with Gasteiger partial charge in [0, 0.05) is 34.1 Å². The summed E-state index contributed by atoms with van der Waals surface area (Å²) in [6.45, 7) is 4.18. The lowest BCUT2D eigenvalue weighted by Crippen LogP contribution is -2.14. The van der Waals surface area contributed by atoms with Crippen LogP contribution in [0.1, 0.15) is 22.2 Å². The number of rotatable bonds is 8. The van der Waals surface area contributed by atoms with Crippen molar-refractivity contribution in [3.05, 3.63) is 70.4 Å². The molecule has 0 spiro atoms. The first-order valence-electron chi connectivity index (χ1n) is 10.7. The van der Waals surface area contributed by atoms with Crippen molar-refractivity contribution in [1.82, 2.24) is 14.8 Å². The molecule has 0 unspecified atom stereocenters. The number of nitrogens with one attached hydrogen (secondary N) is 1. The van der Waals surface area contributed by atoms with E-state index in [4.69, 9.17) is 4.74 Å². The molecule has 174 valence electrons. The van der Waals surface area contributed by atoms with Gasteiger partial charge in [-0.05, 0) is 43.7 Å². The number of carbonyl (C=O) groups is 2. The fourth-order valence-electron chi connectivity index (χ4n) is 3.49. The topological polar surface area (TPSA) is 86.1 Å². The summed E-state index contributed by atoms with van der Waals surface area (Å²) in [6.07, 6.45) is 0. The third-order valence-electron chi connectivity index (χ3n) is 5.13. The fourth-order valence-corrected chi connectivity index (χ4v) is 5.06. The van der Waals surface area contributed by atoms with Crippen LogP contribution in [0.4, 0.5) is 5.69 Å². The van der Waals surface area contributed by atoms with E-state index in [0.29, 0.717) is 23.0 Å². The fraction of sp³-hybridized carbons (Fsp3) is 0.200. The van der Waals surface area contributed by atoms with E-state index in [1.807, 2.05) is 29.8 Å². The van der Waals surface area contributed by atoms with Gasteiger partial charge in [-0.1, -0.05) is 42.1 Å². The molecule has 4 rings (SSSR count). The largest absolute Gasteiger partial charge is 0.462 e. The van der Waals surface area contributed by atoms with Gasteiger partial charge in [0.15, 0.2) is 11.0 Å². The molecule has 2 heterocycles. The van der Waals surface area contributed by atoms with Gasteiger partial charge in [0.2, 0.25) is 5.91 Å². The number of thiophene rings is 1. The number of esters is 1. The molecule has 9 heteroatoms. The van der Waals surface area contributed by atoms with Crippen LogP contribution in [0.15, 0.2) is 65.1 Å². The van der Waals surface area contributed by atoms with Crippen molar-refractivity contribution in [2.24, 2.45) is 7.05 Å². The highest BCUT2D eigenvalue weighted by atomic mass is 32.2. The summed E-state index contributed by atoms with van der Waals surface area (Å²) in [7, 11) is 1.91. The quantitative estimate of drug-likeness (QED) is 0.261. The van der Waals surface area contributed by atoms with Gasteiger partial charge in [0.25, 0.3) is 0 Å². The van der Waals surface area contributed by atoms with Crippen molar-refractivity contribution in [2.75, 3.05) is 17.7 Å². The predicted molar refractivity (Wildman–Crippen MR) is 136 cm³/mol. The maximum atomic E-state index is 12.5. The van der Waals surface area contributed by atoms with Crippen molar-refractivity contribution in [3.63, 3.8) is 0 Å². The van der Waals surface area contributed by atoms with Gasteiger partial charge in [0.1, 0.15) is 0 Å². The molecule has 2 aromatic carbocycles. The average molecular weight is 493 g/mol. The molecule has 1 amide bonds. The Morgan fingerprint density at radius 3 is 2.53 bits per heavy atom. The lowest BCUT2D eigenvalue weighted by atomic mass is 10.0. The van der Waals surface area contributed by atoms with Gasteiger partial charge < -0.3 is 14.6 Å². The van der Waals surface area contributed by atoms with Gasteiger partial charge >= 0.3 is 5.97 Å². The van der Waals surface area contributed by atoms with Crippen LogP contribution < -0.4 is 5.32 Å². The van der Waals surface area contributed by atoms with E-state index in [2.05, 4.69) is 40.0 Å². The lowest BCUT2D eigenvalue weighted by Gasteiger charge is -2.08. The molecular weight excluding hydrogens is 468 g/mol. The highest BCUT2D eigenvalue weighted by molar-refractivity contribution is 7.99. The Bertz CT molecular complexity index is 1300. The normalized spacial score (nSPS) is 10.8. The summed E-state index contributed by atoms with van der Waals surface area (Å²) in [5, 5.41) is 14.3. The third kappa shape index (κ3) is 5.21. The zero-order chi connectivity index (χ0) is 24.1. The van der Waals surface area contributed by atoms with Gasteiger partial charge in [-0.25, -0.2) is 4.79 Å². The van der Waals surface area contributed by atoms with Crippen LogP contribution in [0, 0.1) is 6.92 Å². The van der Waals surface area contributed by atoms with Crippen molar-refractivity contribution in [2.45, 2.75) is 19.0 Å². The minimum Gasteiger partial charge on any atom is -0.462 e. The lowest BCUT2D eigenvalue weighted by molar-refractivity contribution is -0.113. The number of aryl methyl sites for hydroxylation is 1. The number of benzene rings is 2. The summed E-state index contributed by atoms with van der Waals surface area (Å²) < 4.78 is 6.89. The second kappa shape index (κ2) is 10.7. The predicted octanol–water partition coefficient (Wildman–Crippen LogP) is 5.43.